The predicted molar refractivity (Wildman–Crippen MR) is 170 cm³/mol. The van der Waals surface area contributed by atoms with E-state index in [0.717, 1.165) is 17.7 Å². The summed E-state index contributed by atoms with van der Waals surface area (Å²) in [5.41, 5.74) is 7.89. The molecule has 3 aromatic rings. The van der Waals surface area contributed by atoms with Crippen molar-refractivity contribution in [3.8, 4) is 0 Å². The maximum Gasteiger partial charge on any atom is 0.243 e. The summed E-state index contributed by atoms with van der Waals surface area (Å²) in [7, 11) is -3.93. The van der Waals surface area contributed by atoms with Gasteiger partial charge < -0.3 is 21.1 Å². The number of benzene rings is 3. The third-order valence-corrected chi connectivity index (χ3v) is 11.0. The molecule has 2 aliphatic heterocycles. The van der Waals surface area contributed by atoms with E-state index in [2.05, 4.69) is 10.6 Å². The van der Waals surface area contributed by atoms with Gasteiger partial charge >= 0.3 is 0 Å². The van der Waals surface area contributed by atoms with Crippen LogP contribution < -0.4 is 16.4 Å². The van der Waals surface area contributed by atoms with Crippen LogP contribution in [-0.2, 0) is 26.0 Å². The number of sulfonamides is 1. The third kappa shape index (κ3) is 7.80. The maximum absolute atomic E-state index is 15.3. The van der Waals surface area contributed by atoms with E-state index < -0.39 is 51.4 Å². The van der Waals surface area contributed by atoms with E-state index in [9.17, 15) is 22.0 Å². The Bertz CT molecular complexity index is 1600. The average Bonchev–Trinajstić information content (AvgIpc) is 3.01. The van der Waals surface area contributed by atoms with E-state index in [0.29, 0.717) is 25.9 Å². The molecule has 0 bridgehead atoms. The predicted octanol–water partition coefficient (Wildman–Crippen LogP) is 4.95. The minimum absolute atomic E-state index is 0.00946. The van der Waals surface area contributed by atoms with Crippen LogP contribution in [0.4, 0.5) is 18.9 Å². The molecule has 6 atom stereocenters. The van der Waals surface area contributed by atoms with Gasteiger partial charge in [0, 0.05) is 42.8 Å². The van der Waals surface area contributed by atoms with E-state index in [1.54, 1.807) is 18.2 Å². The minimum Gasteiger partial charge on any atom is -0.376 e. The zero-order chi connectivity index (χ0) is 33.0. The number of carbonyl (C=O) groups is 1. The van der Waals surface area contributed by atoms with Crippen molar-refractivity contribution in [1.82, 2.24) is 9.62 Å². The highest BCUT2D eigenvalue weighted by Gasteiger charge is 2.38. The molecule has 8 nitrogen and oxygen atoms in total. The van der Waals surface area contributed by atoms with Crippen LogP contribution in [0, 0.1) is 23.4 Å². The van der Waals surface area contributed by atoms with Crippen molar-refractivity contribution >= 4 is 21.6 Å². The number of amides is 1. The number of carbonyl (C=O) groups excluding carboxylic acids is 1. The Balaban J connectivity index is 1.35. The highest BCUT2D eigenvalue weighted by atomic mass is 32.2. The molecule has 2 fully saturated rings. The first-order chi connectivity index (χ1) is 21.9. The van der Waals surface area contributed by atoms with E-state index in [1.165, 1.54) is 40.7 Å². The van der Waals surface area contributed by atoms with Crippen LogP contribution in [0.15, 0.2) is 71.6 Å². The smallest absolute Gasteiger partial charge is 0.243 e. The molecule has 2 heterocycles. The van der Waals surface area contributed by atoms with Gasteiger partial charge in [0.15, 0.2) is 0 Å². The molecule has 1 unspecified atom stereocenters. The van der Waals surface area contributed by atoms with Gasteiger partial charge in [-0.3, -0.25) is 4.79 Å². The Labute approximate surface area is 268 Å². The molecule has 0 saturated carbocycles. The quantitative estimate of drug-likeness (QED) is 0.284. The number of ether oxygens (including phenoxy) is 1. The molecular formula is C34H41F3N4O4S. The largest absolute Gasteiger partial charge is 0.376 e. The van der Waals surface area contributed by atoms with Crippen LogP contribution in [0.1, 0.15) is 50.2 Å². The van der Waals surface area contributed by atoms with Crippen LogP contribution in [0.5, 0.6) is 0 Å². The Hall–Kier alpha value is -3.29. The number of hydrogen-bond acceptors (Lipinski definition) is 6. The van der Waals surface area contributed by atoms with Crippen molar-refractivity contribution in [3.05, 3.63) is 95.3 Å². The summed E-state index contributed by atoms with van der Waals surface area (Å²) in [5, 5.41) is 6.04. The maximum atomic E-state index is 15.3. The highest BCUT2D eigenvalue weighted by molar-refractivity contribution is 7.89. The molecule has 2 saturated heterocycles. The second-order valence-corrected chi connectivity index (χ2v) is 14.2. The Morgan fingerprint density at radius 1 is 1.00 bits per heavy atom. The monoisotopic (exact) mass is 658 g/mol. The number of nitrogens with one attached hydrogen (secondary N) is 2. The van der Waals surface area contributed by atoms with Gasteiger partial charge in [-0.25, -0.2) is 21.6 Å². The number of rotatable bonds is 10. The molecule has 2 aliphatic rings. The Morgan fingerprint density at radius 2 is 1.63 bits per heavy atom. The zero-order valence-electron chi connectivity index (χ0n) is 26.0. The second-order valence-electron chi connectivity index (χ2n) is 12.3. The lowest BCUT2D eigenvalue weighted by molar-refractivity contribution is -0.119. The van der Waals surface area contributed by atoms with Gasteiger partial charge in [0.05, 0.1) is 23.1 Å². The summed E-state index contributed by atoms with van der Waals surface area (Å²) in [6.45, 7) is 4.94. The first-order valence-corrected chi connectivity index (χ1v) is 17.1. The summed E-state index contributed by atoms with van der Waals surface area (Å²) < 4.78 is 76.8. The molecule has 0 aliphatic carbocycles. The molecule has 3 aromatic carbocycles. The highest BCUT2D eigenvalue weighted by Crippen LogP contribution is 2.39. The normalized spacial score (nSPS) is 23.9. The molecular weight excluding hydrogens is 617 g/mol. The number of nitrogens with zero attached hydrogens (tertiary/aromatic N) is 1. The number of anilines is 1. The molecule has 1 amide bonds. The lowest BCUT2D eigenvalue weighted by Crippen LogP contribution is -2.53. The lowest BCUT2D eigenvalue weighted by Gasteiger charge is -2.39. The number of nitrogens with two attached hydrogens (primary N) is 1. The van der Waals surface area contributed by atoms with E-state index in [4.69, 9.17) is 10.5 Å². The van der Waals surface area contributed by atoms with Crippen LogP contribution in [0.3, 0.4) is 0 Å². The van der Waals surface area contributed by atoms with Gasteiger partial charge in [0.25, 0.3) is 0 Å². The molecule has 0 aromatic heterocycles. The average molecular weight is 659 g/mol. The van der Waals surface area contributed by atoms with Gasteiger partial charge in [0.2, 0.25) is 15.9 Å². The molecule has 12 heteroatoms. The molecule has 5 rings (SSSR count). The third-order valence-electron chi connectivity index (χ3n) is 9.01. The molecule has 46 heavy (non-hydrogen) atoms. The zero-order valence-corrected chi connectivity index (χ0v) is 26.8. The van der Waals surface area contributed by atoms with Crippen molar-refractivity contribution < 1.29 is 31.1 Å². The summed E-state index contributed by atoms with van der Waals surface area (Å²) in [6, 6.07) is 13.5. The first-order valence-electron chi connectivity index (χ1n) is 15.7. The van der Waals surface area contributed by atoms with Crippen molar-refractivity contribution in [2.45, 2.75) is 74.6 Å². The SMILES string of the molecule is C[C@@H]1CC([C@H](c2ccc(F)cc2)[C@H](N)C(=O)Nc2cccc(F)c2CC[C@H]2CNCCN2S(=O)(=O)c2ccc(F)cc2)C[C@H](C)O1. The van der Waals surface area contributed by atoms with Crippen molar-refractivity contribution in [3.63, 3.8) is 0 Å². The topological polar surface area (TPSA) is 114 Å². The summed E-state index contributed by atoms with van der Waals surface area (Å²) in [6.07, 6.45) is 1.66. The Kier molecular flexibility index (Phi) is 10.8. The van der Waals surface area contributed by atoms with Crippen molar-refractivity contribution in [2.24, 2.45) is 11.7 Å². The van der Waals surface area contributed by atoms with Gasteiger partial charge in [-0.05, 0) is 99.5 Å². The van der Waals surface area contributed by atoms with Gasteiger partial charge in [-0.2, -0.15) is 4.31 Å². The van der Waals surface area contributed by atoms with Gasteiger partial charge in [-0.15, -0.1) is 0 Å². The van der Waals surface area contributed by atoms with Crippen molar-refractivity contribution in [1.29, 1.82) is 0 Å². The fraction of sp³-hybridized carbons (Fsp3) is 0.441. The Morgan fingerprint density at radius 3 is 2.28 bits per heavy atom. The van der Waals surface area contributed by atoms with Gasteiger partial charge in [-0.1, -0.05) is 18.2 Å². The van der Waals surface area contributed by atoms with Crippen LogP contribution >= 0.6 is 0 Å². The second kappa shape index (κ2) is 14.6. The molecule has 0 radical (unpaired) electrons. The molecule has 4 N–H and O–H groups in total. The fourth-order valence-corrected chi connectivity index (χ4v) is 8.53. The fourth-order valence-electron chi connectivity index (χ4n) is 6.87. The number of hydrogen-bond donors (Lipinski definition) is 3. The lowest BCUT2D eigenvalue weighted by atomic mass is 9.74. The first kappa shape index (κ1) is 34.1. The summed E-state index contributed by atoms with van der Waals surface area (Å²) >= 11 is 0. The summed E-state index contributed by atoms with van der Waals surface area (Å²) in [5.74, 6) is -2.42. The summed E-state index contributed by atoms with van der Waals surface area (Å²) in [4.78, 5) is 13.7. The van der Waals surface area contributed by atoms with Gasteiger partial charge in [0.1, 0.15) is 17.5 Å². The van der Waals surface area contributed by atoms with Crippen LogP contribution in [-0.4, -0.2) is 62.6 Å². The van der Waals surface area contributed by atoms with Crippen LogP contribution in [0.25, 0.3) is 0 Å². The van der Waals surface area contributed by atoms with E-state index in [1.807, 2.05) is 13.8 Å². The standard InChI is InChI=1S/C34H41F3N4O4S/c1-21-18-24(19-22(2)45-21)32(23-6-8-25(35)9-7-23)33(38)34(42)40-31-5-3-4-30(37)29(31)15-12-27-20-39-16-17-41(27)46(43,44)28-13-10-26(36)11-14-28/h3-11,13-14,21-22,24,27,32-33,39H,12,15-20,38H2,1-2H3,(H,40,42)/t21-,22+,24?,27-,32-,33-/m0/s1. The number of piperazine rings is 1. The van der Waals surface area contributed by atoms with E-state index >= 15 is 4.39 Å². The van der Waals surface area contributed by atoms with E-state index in [-0.39, 0.29) is 53.7 Å². The van der Waals surface area contributed by atoms with Crippen molar-refractivity contribution in [2.75, 3.05) is 25.0 Å². The van der Waals surface area contributed by atoms with Crippen LogP contribution in [0.2, 0.25) is 0 Å². The number of halogens is 3. The molecule has 248 valence electrons. The molecule has 0 spiro atoms. The minimum atomic E-state index is -3.93.